The van der Waals surface area contributed by atoms with Crippen molar-refractivity contribution in [2.45, 2.75) is 24.3 Å². The number of thioether (sulfide) groups is 1. The zero-order chi connectivity index (χ0) is 14.4. The minimum absolute atomic E-state index is 0.296. The summed E-state index contributed by atoms with van der Waals surface area (Å²) in [6.45, 7) is 3.18. The topological polar surface area (TPSA) is 29.9 Å². The second-order valence-electron chi connectivity index (χ2n) is 4.70. The monoisotopic (exact) mass is 309 g/mol. The van der Waals surface area contributed by atoms with E-state index in [-0.39, 0.29) is 0 Å². The third kappa shape index (κ3) is 4.27. The van der Waals surface area contributed by atoms with Crippen molar-refractivity contribution in [3.63, 3.8) is 0 Å². The highest BCUT2D eigenvalue weighted by Gasteiger charge is 2.13. The summed E-state index contributed by atoms with van der Waals surface area (Å²) in [5.41, 5.74) is 1.22. The lowest BCUT2D eigenvalue weighted by atomic mass is 10.2. The van der Waals surface area contributed by atoms with Crippen LogP contribution in [0, 0.1) is 0 Å². The molecule has 0 amide bonds. The van der Waals surface area contributed by atoms with Crippen LogP contribution in [0.1, 0.15) is 24.9 Å². The summed E-state index contributed by atoms with van der Waals surface area (Å²) >= 11 is 7.98. The largest absolute Gasteiger partial charge is 0.309 e. The zero-order valence-corrected chi connectivity index (χ0v) is 13.4. The molecule has 0 aliphatic heterocycles. The Morgan fingerprint density at radius 2 is 2.20 bits per heavy atom. The van der Waals surface area contributed by atoms with Crippen molar-refractivity contribution in [2.75, 3.05) is 12.3 Å². The Kier molecular flexibility index (Phi) is 5.95. The molecule has 0 aliphatic rings. The van der Waals surface area contributed by atoms with Crippen molar-refractivity contribution >= 4 is 23.4 Å². The Balaban J connectivity index is 2.03. The molecule has 5 heteroatoms. The Bertz CT molecular complexity index is 541. The molecule has 0 saturated heterocycles. The van der Waals surface area contributed by atoms with Crippen LogP contribution in [0.25, 0.3) is 0 Å². The van der Waals surface area contributed by atoms with Crippen molar-refractivity contribution in [3.8, 4) is 0 Å². The minimum atomic E-state index is 0.296. The third-order valence-corrected chi connectivity index (χ3v) is 4.62. The quantitative estimate of drug-likeness (QED) is 0.787. The van der Waals surface area contributed by atoms with E-state index < -0.39 is 0 Å². The predicted molar refractivity (Wildman–Crippen MR) is 86.4 cm³/mol. The van der Waals surface area contributed by atoms with Crippen LogP contribution in [0.2, 0.25) is 5.02 Å². The van der Waals surface area contributed by atoms with Gasteiger partial charge in [0.05, 0.1) is 11.2 Å². The SMILES string of the molecule is CCCNC(CSc1ccccc1Cl)c1cnn(C)c1. The highest BCUT2D eigenvalue weighted by molar-refractivity contribution is 7.99. The van der Waals surface area contributed by atoms with Crippen LogP contribution in [0.4, 0.5) is 0 Å². The normalized spacial score (nSPS) is 12.6. The molecule has 1 unspecified atom stereocenters. The maximum absolute atomic E-state index is 6.20. The number of rotatable bonds is 7. The van der Waals surface area contributed by atoms with Gasteiger partial charge in [0.1, 0.15) is 0 Å². The Morgan fingerprint density at radius 1 is 1.40 bits per heavy atom. The molecule has 0 aliphatic carbocycles. The molecule has 0 radical (unpaired) electrons. The first-order chi connectivity index (χ1) is 9.70. The van der Waals surface area contributed by atoms with E-state index in [1.165, 1.54) is 5.56 Å². The Labute approximate surface area is 129 Å². The summed E-state index contributed by atoms with van der Waals surface area (Å²) in [5.74, 6) is 0.940. The summed E-state index contributed by atoms with van der Waals surface area (Å²) in [4.78, 5) is 1.13. The summed E-state index contributed by atoms with van der Waals surface area (Å²) < 4.78 is 1.84. The molecule has 20 heavy (non-hydrogen) atoms. The van der Waals surface area contributed by atoms with Gasteiger partial charge in [-0.1, -0.05) is 30.7 Å². The van der Waals surface area contributed by atoms with E-state index in [2.05, 4.69) is 29.6 Å². The molecule has 1 atom stereocenters. The van der Waals surface area contributed by atoms with E-state index >= 15 is 0 Å². The summed E-state index contributed by atoms with van der Waals surface area (Å²) in [6, 6.07) is 8.27. The summed E-state index contributed by atoms with van der Waals surface area (Å²) in [6.07, 6.45) is 5.12. The van der Waals surface area contributed by atoms with Crippen LogP contribution in [0.5, 0.6) is 0 Å². The van der Waals surface area contributed by atoms with Gasteiger partial charge in [-0.15, -0.1) is 11.8 Å². The average Bonchev–Trinajstić information content (AvgIpc) is 2.87. The lowest BCUT2D eigenvalue weighted by molar-refractivity contribution is 0.577. The number of aryl methyl sites for hydroxylation is 1. The molecule has 0 saturated carbocycles. The van der Waals surface area contributed by atoms with Crippen LogP contribution in [-0.4, -0.2) is 22.1 Å². The van der Waals surface area contributed by atoms with Gasteiger partial charge < -0.3 is 5.32 Å². The Hall–Kier alpha value is -0.970. The fourth-order valence-electron chi connectivity index (χ4n) is 1.95. The van der Waals surface area contributed by atoms with Crippen molar-refractivity contribution in [3.05, 3.63) is 47.2 Å². The van der Waals surface area contributed by atoms with Crippen LogP contribution in [-0.2, 0) is 7.05 Å². The van der Waals surface area contributed by atoms with Gasteiger partial charge in [-0.25, -0.2) is 0 Å². The van der Waals surface area contributed by atoms with Crippen LogP contribution < -0.4 is 5.32 Å². The first kappa shape index (κ1) is 15.4. The van der Waals surface area contributed by atoms with Crippen LogP contribution >= 0.6 is 23.4 Å². The zero-order valence-electron chi connectivity index (χ0n) is 11.8. The number of halogens is 1. The van der Waals surface area contributed by atoms with Crippen LogP contribution in [0.3, 0.4) is 0 Å². The number of benzene rings is 1. The fourth-order valence-corrected chi connectivity index (χ4v) is 3.28. The van der Waals surface area contributed by atoms with Crippen molar-refractivity contribution in [1.29, 1.82) is 0 Å². The molecule has 2 aromatic rings. The molecule has 3 nitrogen and oxygen atoms in total. The molecular formula is C15H20ClN3S. The van der Waals surface area contributed by atoms with E-state index in [0.717, 1.165) is 28.6 Å². The molecule has 108 valence electrons. The highest BCUT2D eigenvalue weighted by atomic mass is 35.5. The third-order valence-electron chi connectivity index (χ3n) is 3.01. The van der Waals surface area contributed by atoms with Gasteiger partial charge in [0.15, 0.2) is 0 Å². The number of aromatic nitrogens is 2. The van der Waals surface area contributed by atoms with Crippen molar-refractivity contribution < 1.29 is 0 Å². The van der Waals surface area contributed by atoms with Gasteiger partial charge in [0, 0.05) is 35.5 Å². The Morgan fingerprint density at radius 3 is 2.85 bits per heavy atom. The first-order valence-corrected chi connectivity index (χ1v) is 8.16. The molecule has 0 fully saturated rings. The van der Waals surface area contributed by atoms with E-state index in [0.29, 0.717) is 6.04 Å². The van der Waals surface area contributed by atoms with Gasteiger partial charge in [-0.3, -0.25) is 4.68 Å². The number of nitrogens with one attached hydrogen (secondary N) is 1. The van der Waals surface area contributed by atoms with E-state index in [1.54, 1.807) is 11.8 Å². The van der Waals surface area contributed by atoms with E-state index in [9.17, 15) is 0 Å². The van der Waals surface area contributed by atoms with E-state index in [1.807, 2.05) is 36.1 Å². The number of nitrogens with zero attached hydrogens (tertiary/aromatic N) is 2. The predicted octanol–water partition coefficient (Wildman–Crippen LogP) is 3.91. The molecule has 0 spiro atoms. The second kappa shape index (κ2) is 7.72. The van der Waals surface area contributed by atoms with Crippen LogP contribution in [0.15, 0.2) is 41.6 Å². The molecule has 1 heterocycles. The standard InChI is InChI=1S/C15H20ClN3S/c1-3-8-17-14(12-9-18-19(2)10-12)11-20-15-7-5-4-6-13(15)16/h4-7,9-10,14,17H,3,8,11H2,1-2H3. The fraction of sp³-hybridized carbons (Fsp3) is 0.400. The van der Waals surface area contributed by atoms with Crippen molar-refractivity contribution in [1.82, 2.24) is 15.1 Å². The molecule has 1 N–H and O–H groups in total. The summed E-state index contributed by atoms with van der Waals surface area (Å²) in [7, 11) is 1.95. The molecule has 1 aromatic heterocycles. The smallest absolute Gasteiger partial charge is 0.0541 e. The van der Waals surface area contributed by atoms with E-state index in [4.69, 9.17) is 11.6 Å². The maximum atomic E-state index is 6.20. The molecule has 0 bridgehead atoms. The van der Waals surface area contributed by atoms with Gasteiger partial charge in [0.2, 0.25) is 0 Å². The van der Waals surface area contributed by atoms with Gasteiger partial charge in [-0.05, 0) is 25.1 Å². The minimum Gasteiger partial charge on any atom is -0.309 e. The average molecular weight is 310 g/mol. The molecule has 2 rings (SSSR count). The molecule has 1 aromatic carbocycles. The summed E-state index contributed by atoms with van der Waals surface area (Å²) in [5, 5.41) is 8.65. The lowest BCUT2D eigenvalue weighted by Gasteiger charge is -2.17. The van der Waals surface area contributed by atoms with Gasteiger partial charge >= 0.3 is 0 Å². The number of hydrogen-bond acceptors (Lipinski definition) is 3. The maximum Gasteiger partial charge on any atom is 0.0541 e. The number of hydrogen-bond donors (Lipinski definition) is 1. The van der Waals surface area contributed by atoms with Gasteiger partial charge in [0.25, 0.3) is 0 Å². The lowest BCUT2D eigenvalue weighted by Crippen LogP contribution is -2.23. The highest BCUT2D eigenvalue weighted by Crippen LogP contribution is 2.30. The van der Waals surface area contributed by atoms with Gasteiger partial charge in [-0.2, -0.15) is 5.10 Å². The first-order valence-electron chi connectivity index (χ1n) is 6.80. The molecular weight excluding hydrogens is 290 g/mol. The van der Waals surface area contributed by atoms with Crippen molar-refractivity contribution in [2.24, 2.45) is 7.05 Å². The second-order valence-corrected chi connectivity index (χ2v) is 6.16.